The van der Waals surface area contributed by atoms with Crippen molar-refractivity contribution in [2.75, 3.05) is 6.61 Å². The van der Waals surface area contributed by atoms with Crippen LogP contribution in [0.25, 0.3) is 0 Å². The van der Waals surface area contributed by atoms with Crippen LogP contribution in [0.3, 0.4) is 0 Å². The van der Waals surface area contributed by atoms with E-state index in [2.05, 4.69) is 41.1 Å². The minimum Gasteiger partial charge on any atom is -0.348 e. The topological polar surface area (TPSA) is 18.5 Å². The van der Waals surface area contributed by atoms with Crippen molar-refractivity contribution in [2.24, 2.45) is 0 Å². The predicted molar refractivity (Wildman–Crippen MR) is 81.3 cm³/mol. The van der Waals surface area contributed by atoms with Crippen LogP contribution in [0.5, 0.6) is 0 Å². The number of ether oxygens (including phenoxy) is 2. The highest BCUT2D eigenvalue weighted by Gasteiger charge is 2.31. The van der Waals surface area contributed by atoms with E-state index in [1.807, 2.05) is 13.8 Å². The Morgan fingerprint density at radius 3 is 2.79 bits per heavy atom. The summed E-state index contributed by atoms with van der Waals surface area (Å²) in [5, 5.41) is 0. The Hall–Kier alpha value is -0.380. The number of rotatable bonds is 5. The number of aryl methyl sites for hydroxylation is 1. The first-order chi connectivity index (χ1) is 8.98. The van der Waals surface area contributed by atoms with E-state index in [1.165, 1.54) is 28.4 Å². The van der Waals surface area contributed by atoms with Gasteiger partial charge in [0.25, 0.3) is 0 Å². The monoisotopic (exact) mass is 326 g/mol. The normalized spacial score (nSPS) is 21.8. The van der Waals surface area contributed by atoms with Crippen molar-refractivity contribution >= 4 is 15.9 Å². The van der Waals surface area contributed by atoms with Crippen LogP contribution >= 0.6 is 15.9 Å². The maximum absolute atomic E-state index is 5.81. The van der Waals surface area contributed by atoms with Gasteiger partial charge in [0.2, 0.25) is 0 Å². The van der Waals surface area contributed by atoms with E-state index in [9.17, 15) is 0 Å². The Labute approximate surface area is 124 Å². The third-order valence-corrected chi connectivity index (χ3v) is 4.53. The largest absolute Gasteiger partial charge is 0.348 e. The summed E-state index contributed by atoms with van der Waals surface area (Å²) in [5.74, 6) is -0.383. The molecule has 1 aliphatic heterocycles. The third-order valence-electron chi connectivity index (χ3n) is 3.67. The molecule has 2 rings (SSSR count). The van der Waals surface area contributed by atoms with Crippen LogP contribution in [0.1, 0.15) is 44.2 Å². The van der Waals surface area contributed by atoms with Crippen molar-refractivity contribution in [1.82, 2.24) is 0 Å². The molecule has 0 bridgehead atoms. The van der Waals surface area contributed by atoms with Gasteiger partial charge in [-0.05, 0) is 57.2 Å². The predicted octanol–water partition coefficient (Wildman–Crippen LogP) is 4.62. The quantitative estimate of drug-likeness (QED) is 0.735. The number of unbranched alkanes of at least 4 members (excludes halogenated alkanes) is 1. The van der Waals surface area contributed by atoms with E-state index in [0.717, 1.165) is 19.4 Å². The van der Waals surface area contributed by atoms with Crippen molar-refractivity contribution in [3.8, 4) is 0 Å². The van der Waals surface area contributed by atoms with Crippen LogP contribution in [-0.4, -0.2) is 18.5 Å². The average Bonchev–Trinajstić information content (AvgIpc) is 2.69. The molecule has 0 N–H and O–H groups in total. The van der Waals surface area contributed by atoms with Gasteiger partial charge < -0.3 is 9.47 Å². The lowest BCUT2D eigenvalue weighted by molar-refractivity contribution is -0.139. The molecule has 1 fully saturated rings. The number of benzene rings is 1. The van der Waals surface area contributed by atoms with Gasteiger partial charge in [0.05, 0.1) is 12.7 Å². The van der Waals surface area contributed by atoms with Gasteiger partial charge in [-0.2, -0.15) is 0 Å². The van der Waals surface area contributed by atoms with Gasteiger partial charge >= 0.3 is 0 Å². The summed E-state index contributed by atoms with van der Waals surface area (Å²) >= 11 is 3.58. The summed E-state index contributed by atoms with van der Waals surface area (Å²) in [4.78, 5) is 0. The molecule has 0 radical (unpaired) electrons. The fraction of sp³-hybridized carbons (Fsp3) is 0.625. The minimum atomic E-state index is -0.383. The molecule has 1 unspecified atom stereocenters. The highest BCUT2D eigenvalue weighted by atomic mass is 79.9. The fourth-order valence-electron chi connectivity index (χ4n) is 2.52. The molecular weight excluding hydrogens is 304 g/mol. The second kappa shape index (κ2) is 6.38. The molecular formula is C16H23BrO2. The number of halogens is 1. The minimum absolute atomic E-state index is 0.276. The van der Waals surface area contributed by atoms with E-state index < -0.39 is 0 Å². The van der Waals surface area contributed by atoms with Gasteiger partial charge in [0, 0.05) is 4.47 Å². The zero-order chi connectivity index (χ0) is 13.9. The Kier molecular flexibility index (Phi) is 5.04. The molecule has 106 valence electrons. The standard InChI is InChI=1S/C16H23BrO2/c1-12-13(8-6-10-15(12)17)7-4-5-9-14-11-18-16(2,3)19-14/h6,8,10,14H,4-5,7,9,11H2,1-3H3. The molecule has 0 saturated carbocycles. The van der Waals surface area contributed by atoms with E-state index >= 15 is 0 Å². The maximum atomic E-state index is 5.81. The van der Waals surface area contributed by atoms with Crippen molar-refractivity contribution in [2.45, 2.75) is 58.3 Å². The summed E-state index contributed by atoms with van der Waals surface area (Å²) in [5.41, 5.74) is 2.81. The summed E-state index contributed by atoms with van der Waals surface area (Å²) in [7, 11) is 0. The van der Waals surface area contributed by atoms with Crippen LogP contribution < -0.4 is 0 Å². The smallest absolute Gasteiger partial charge is 0.163 e. The van der Waals surface area contributed by atoms with E-state index in [-0.39, 0.29) is 11.9 Å². The summed E-state index contributed by atoms with van der Waals surface area (Å²) < 4.78 is 12.6. The molecule has 0 aliphatic carbocycles. The molecule has 3 heteroatoms. The second-order valence-electron chi connectivity index (χ2n) is 5.72. The molecule has 0 amide bonds. The summed E-state index contributed by atoms with van der Waals surface area (Å²) in [6.07, 6.45) is 4.91. The van der Waals surface area contributed by atoms with Crippen LogP contribution in [0.4, 0.5) is 0 Å². The Morgan fingerprint density at radius 2 is 2.11 bits per heavy atom. The van der Waals surface area contributed by atoms with E-state index in [4.69, 9.17) is 9.47 Å². The molecule has 0 aromatic heterocycles. The van der Waals surface area contributed by atoms with E-state index in [0.29, 0.717) is 0 Å². The van der Waals surface area contributed by atoms with E-state index in [1.54, 1.807) is 0 Å². The molecule has 1 heterocycles. The zero-order valence-electron chi connectivity index (χ0n) is 12.0. The van der Waals surface area contributed by atoms with Crippen LogP contribution in [0.15, 0.2) is 22.7 Å². The lowest BCUT2D eigenvalue weighted by atomic mass is 10.0. The van der Waals surface area contributed by atoms with Gasteiger partial charge in [-0.15, -0.1) is 0 Å². The zero-order valence-corrected chi connectivity index (χ0v) is 13.6. The Morgan fingerprint density at radius 1 is 1.32 bits per heavy atom. The maximum Gasteiger partial charge on any atom is 0.163 e. The van der Waals surface area contributed by atoms with Crippen LogP contribution in [0.2, 0.25) is 0 Å². The Balaban J connectivity index is 1.71. The van der Waals surface area contributed by atoms with Gasteiger partial charge in [-0.25, -0.2) is 0 Å². The Bertz CT molecular complexity index is 429. The molecule has 2 nitrogen and oxygen atoms in total. The molecule has 1 aromatic rings. The number of hydrogen-bond donors (Lipinski definition) is 0. The third kappa shape index (κ3) is 4.30. The average molecular weight is 327 g/mol. The summed E-state index contributed by atoms with van der Waals surface area (Å²) in [6.45, 7) is 6.88. The first-order valence-corrected chi connectivity index (χ1v) is 7.83. The van der Waals surface area contributed by atoms with Gasteiger partial charge in [0.15, 0.2) is 5.79 Å². The molecule has 1 aliphatic rings. The number of hydrogen-bond acceptors (Lipinski definition) is 2. The molecule has 0 spiro atoms. The molecule has 1 atom stereocenters. The lowest BCUT2D eigenvalue weighted by Crippen LogP contribution is -2.21. The molecule has 1 saturated heterocycles. The van der Waals surface area contributed by atoms with Gasteiger partial charge in [-0.1, -0.05) is 34.5 Å². The summed E-state index contributed by atoms with van der Waals surface area (Å²) in [6, 6.07) is 6.44. The molecule has 19 heavy (non-hydrogen) atoms. The van der Waals surface area contributed by atoms with Crippen LogP contribution in [-0.2, 0) is 15.9 Å². The van der Waals surface area contributed by atoms with Gasteiger partial charge in [-0.3, -0.25) is 0 Å². The molecule has 1 aromatic carbocycles. The van der Waals surface area contributed by atoms with Gasteiger partial charge in [0.1, 0.15) is 0 Å². The van der Waals surface area contributed by atoms with Crippen molar-refractivity contribution in [1.29, 1.82) is 0 Å². The fourth-order valence-corrected chi connectivity index (χ4v) is 2.92. The highest BCUT2D eigenvalue weighted by Crippen LogP contribution is 2.26. The highest BCUT2D eigenvalue weighted by molar-refractivity contribution is 9.10. The first kappa shape index (κ1) is 15.0. The van der Waals surface area contributed by atoms with Crippen molar-refractivity contribution < 1.29 is 9.47 Å². The van der Waals surface area contributed by atoms with Crippen LogP contribution in [0, 0.1) is 6.92 Å². The second-order valence-corrected chi connectivity index (χ2v) is 6.57. The van der Waals surface area contributed by atoms with Crippen molar-refractivity contribution in [3.05, 3.63) is 33.8 Å². The first-order valence-electron chi connectivity index (χ1n) is 7.04. The lowest BCUT2D eigenvalue weighted by Gasteiger charge is -2.17. The van der Waals surface area contributed by atoms with Crippen molar-refractivity contribution in [3.63, 3.8) is 0 Å². The SMILES string of the molecule is Cc1c(Br)cccc1CCCCC1COC(C)(C)O1.